The minimum absolute atomic E-state index is 0.162. The number of alkyl halides is 3. The van der Waals surface area contributed by atoms with E-state index in [0.717, 1.165) is 0 Å². The molecule has 0 fully saturated rings. The molecule has 0 saturated carbocycles. The number of halogens is 4. The summed E-state index contributed by atoms with van der Waals surface area (Å²) in [6.45, 7) is 0.624. The van der Waals surface area contributed by atoms with E-state index in [-0.39, 0.29) is 29.0 Å². The molecule has 0 saturated heterocycles. The van der Waals surface area contributed by atoms with Crippen molar-refractivity contribution in [3.8, 4) is 11.4 Å². The first-order valence-electron chi connectivity index (χ1n) is 8.94. The number of rotatable bonds is 6. The van der Waals surface area contributed by atoms with Gasteiger partial charge >= 0.3 is 18.2 Å². The van der Waals surface area contributed by atoms with Crippen molar-refractivity contribution in [2.75, 3.05) is 5.32 Å². The molecule has 3 rings (SSSR count). The summed E-state index contributed by atoms with van der Waals surface area (Å²) < 4.78 is 60.7. The molecule has 0 spiro atoms. The molecule has 9 nitrogen and oxygen atoms in total. The number of nitrogens with one attached hydrogen (secondary N) is 1. The monoisotopic (exact) mass is 453 g/mol. The Bertz CT molecular complexity index is 1080. The highest BCUT2D eigenvalue weighted by atomic mass is 19.4. The summed E-state index contributed by atoms with van der Waals surface area (Å²) in [5, 5.41) is 5.57. The number of ether oxygens (including phenoxy) is 1. The Hall–Kier alpha value is -4.03. The first-order chi connectivity index (χ1) is 15.1. The summed E-state index contributed by atoms with van der Waals surface area (Å²) in [6, 6.07) is 8.56. The molecule has 0 aliphatic heterocycles. The van der Waals surface area contributed by atoms with Gasteiger partial charge in [0.1, 0.15) is 12.4 Å². The van der Waals surface area contributed by atoms with Gasteiger partial charge in [-0.1, -0.05) is 40.0 Å². The van der Waals surface area contributed by atoms with Crippen molar-refractivity contribution >= 4 is 17.8 Å². The molecule has 0 unspecified atom stereocenters. The SMILES string of the molecule is CC(=O)Nc1ccc(COC(=O)N(F)Cc2ccc(-c3noc(C(F)(F)F)n3)cc2)cn1. The molecule has 0 radical (unpaired) electrons. The van der Waals surface area contributed by atoms with Crippen LogP contribution in [0, 0.1) is 0 Å². The molecule has 1 aromatic carbocycles. The summed E-state index contributed by atoms with van der Waals surface area (Å²) in [4.78, 5) is 30.0. The van der Waals surface area contributed by atoms with E-state index >= 15 is 0 Å². The van der Waals surface area contributed by atoms with Gasteiger partial charge in [0.25, 0.3) is 0 Å². The Kier molecular flexibility index (Phi) is 6.66. The van der Waals surface area contributed by atoms with Gasteiger partial charge in [0.15, 0.2) is 0 Å². The molecular formula is C19H15F4N5O4. The van der Waals surface area contributed by atoms with Crippen molar-refractivity contribution in [1.29, 1.82) is 0 Å². The minimum atomic E-state index is -4.76. The lowest BCUT2D eigenvalue weighted by molar-refractivity contribution is -0.159. The van der Waals surface area contributed by atoms with Gasteiger partial charge in [-0.2, -0.15) is 18.2 Å². The second kappa shape index (κ2) is 9.41. The van der Waals surface area contributed by atoms with Gasteiger partial charge in [-0.15, -0.1) is 5.12 Å². The maximum absolute atomic E-state index is 14.1. The lowest BCUT2D eigenvalue weighted by Crippen LogP contribution is -2.23. The van der Waals surface area contributed by atoms with E-state index in [1.54, 1.807) is 6.07 Å². The quantitative estimate of drug-likeness (QED) is 0.441. The summed E-state index contributed by atoms with van der Waals surface area (Å²) in [6.07, 6.45) is -4.64. The number of carbonyl (C=O) groups is 2. The normalized spacial score (nSPS) is 11.2. The molecule has 3 aromatic rings. The zero-order valence-electron chi connectivity index (χ0n) is 16.4. The third-order valence-electron chi connectivity index (χ3n) is 3.89. The van der Waals surface area contributed by atoms with Crippen LogP contribution in [0.3, 0.4) is 0 Å². The minimum Gasteiger partial charge on any atom is -0.443 e. The molecule has 1 N–H and O–H groups in total. The van der Waals surface area contributed by atoms with Gasteiger partial charge in [0.05, 0.1) is 6.54 Å². The third kappa shape index (κ3) is 6.00. The second-order valence-electron chi connectivity index (χ2n) is 6.43. The number of hydrogen-bond donors (Lipinski definition) is 1. The summed E-state index contributed by atoms with van der Waals surface area (Å²) in [5.41, 5.74) is 1.04. The average molecular weight is 453 g/mol. The van der Waals surface area contributed by atoms with Gasteiger partial charge in [0.2, 0.25) is 11.7 Å². The van der Waals surface area contributed by atoms with Crippen LogP contribution in [0.5, 0.6) is 0 Å². The molecule has 32 heavy (non-hydrogen) atoms. The fourth-order valence-corrected chi connectivity index (χ4v) is 2.42. The number of benzene rings is 1. The molecule has 0 aliphatic rings. The smallest absolute Gasteiger partial charge is 0.443 e. The summed E-state index contributed by atoms with van der Waals surface area (Å²) in [7, 11) is 0. The van der Waals surface area contributed by atoms with Gasteiger partial charge in [0, 0.05) is 24.2 Å². The number of anilines is 1. The standard InChI is InChI=1S/C19H15F4N5O4/c1-11(29)25-15-7-4-13(8-24-15)10-31-18(30)28(23)9-12-2-5-14(6-3-12)16-26-17(32-27-16)19(20,21)22/h2-8H,9-10H2,1H3,(H,24,25,29). The van der Waals surface area contributed by atoms with Gasteiger partial charge < -0.3 is 14.6 Å². The van der Waals surface area contributed by atoms with Crippen LogP contribution in [0.1, 0.15) is 23.9 Å². The first-order valence-corrected chi connectivity index (χ1v) is 8.94. The fraction of sp³-hybridized carbons (Fsp3) is 0.211. The van der Waals surface area contributed by atoms with E-state index in [9.17, 15) is 27.2 Å². The van der Waals surface area contributed by atoms with Crippen molar-refractivity contribution in [3.63, 3.8) is 0 Å². The van der Waals surface area contributed by atoms with Crippen LogP contribution >= 0.6 is 0 Å². The van der Waals surface area contributed by atoms with Crippen LogP contribution in [0.15, 0.2) is 47.1 Å². The van der Waals surface area contributed by atoms with E-state index in [4.69, 9.17) is 4.74 Å². The van der Waals surface area contributed by atoms with Crippen molar-refractivity contribution in [1.82, 2.24) is 20.2 Å². The molecule has 13 heteroatoms. The molecule has 2 amide bonds. The van der Waals surface area contributed by atoms with Gasteiger partial charge in [-0.3, -0.25) is 4.79 Å². The van der Waals surface area contributed by atoms with Gasteiger partial charge in [-0.05, 0) is 11.6 Å². The highest BCUT2D eigenvalue weighted by molar-refractivity contribution is 5.87. The van der Waals surface area contributed by atoms with Crippen LogP contribution in [-0.4, -0.2) is 32.2 Å². The largest absolute Gasteiger partial charge is 0.471 e. The summed E-state index contributed by atoms with van der Waals surface area (Å²) in [5.74, 6) is -1.73. The zero-order valence-corrected chi connectivity index (χ0v) is 16.4. The molecular weight excluding hydrogens is 438 g/mol. The molecule has 0 aliphatic carbocycles. The second-order valence-corrected chi connectivity index (χ2v) is 6.43. The maximum Gasteiger partial charge on any atom is 0.471 e. The Morgan fingerprint density at radius 1 is 1.12 bits per heavy atom. The first kappa shape index (κ1) is 22.7. The fourth-order valence-electron chi connectivity index (χ4n) is 2.42. The van der Waals surface area contributed by atoms with Crippen molar-refractivity contribution in [2.45, 2.75) is 26.3 Å². The molecule has 2 aromatic heterocycles. The topological polar surface area (TPSA) is 110 Å². The number of pyridine rings is 1. The van der Waals surface area contributed by atoms with Crippen molar-refractivity contribution < 1.29 is 36.5 Å². The van der Waals surface area contributed by atoms with E-state index in [1.807, 2.05) is 0 Å². The van der Waals surface area contributed by atoms with Crippen molar-refractivity contribution in [2.24, 2.45) is 0 Å². The van der Waals surface area contributed by atoms with Crippen LogP contribution in [-0.2, 0) is 28.9 Å². The third-order valence-corrected chi connectivity index (χ3v) is 3.89. The lowest BCUT2D eigenvalue weighted by Gasteiger charge is -2.13. The van der Waals surface area contributed by atoms with Crippen LogP contribution in [0.25, 0.3) is 11.4 Å². The van der Waals surface area contributed by atoms with Crippen molar-refractivity contribution in [3.05, 3.63) is 59.6 Å². The number of aromatic nitrogens is 3. The van der Waals surface area contributed by atoms with E-state index in [1.165, 1.54) is 43.5 Å². The number of nitrogens with zero attached hydrogens (tertiary/aromatic N) is 4. The van der Waals surface area contributed by atoms with Crippen LogP contribution in [0.4, 0.5) is 28.3 Å². The number of hydrogen-bond acceptors (Lipinski definition) is 7. The maximum atomic E-state index is 14.1. The molecule has 0 bridgehead atoms. The van der Waals surface area contributed by atoms with E-state index < -0.39 is 24.7 Å². The number of amides is 2. The molecule has 2 heterocycles. The lowest BCUT2D eigenvalue weighted by atomic mass is 10.1. The summed E-state index contributed by atoms with van der Waals surface area (Å²) >= 11 is 0. The Morgan fingerprint density at radius 3 is 2.38 bits per heavy atom. The average Bonchev–Trinajstić information content (AvgIpc) is 3.24. The van der Waals surface area contributed by atoms with Gasteiger partial charge in [-0.25, -0.2) is 9.78 Å². The molecule has 0 atom stereocenters. The highest BCUT2D eigenvalue weighted by Gasteiger charge is 2.38. The van der Waals surface area contributed by atoms with E-state index in [2.05, 4.69) is 25.0 Å². The van der Waals surface area contributed by atoms with Crippen LogP contribution < -0.4 is 5.32 Å². The Balaban J connectivity index is 1.52. The zero-order chi connectivity index (χ0) is 23.3. The Morgan fingerprint density at radius 2 is 1.81 bits per heavy atom. The molecule has 168 valence electrons. The van der Waals surface area contributed by atoms with Crippen LogP contribution in [0.2, 0.25) is 0 Å². The predicted molar refractivity (Wildman–Crippen MR) is 100 cm³/mol. The number of carbonyl (C=O) groups excluding carboxylic acids is 2. The Labute approximate surface area is 177 Å². The highest BCUT2D eigenvalue weighted by Crippen LogP contribution is 2.29. The predicted octanol–water partition coefficient (Wildman–Crippen LogP) is 4.13. The van der Waals surface area contributed by atoms with E-state index in [0.29, 0.717) is 16.9 Å².